The number of methoxy groups -OCH3 is 1. The topological polar surface area (TPSA) is 115 Å². The lowest BCUT2D eigenvalue weighted by molar-refractivity contribution is 0.0601. The summed E-state index contributed by atoms with van der Waals surface area (Å²) < 4.78 is 31.8. The molecule has 4 aromatic rings. The Kier molecular flexibility index (Phi) is 8.37. The van der Waals surface area contributed by atoms with E-state index in [1.165, 1.54) is 11.4 Å². The lowest BCUT2D eigenvalue weighted by atomic mass is 10.00. The van der Waals surface area contributed by atoms with Crippen molar-refractivity contribution >= 4 is 44.0 Å². The third-order valence-corrected chi connectivity index (χ3v) is 8.11. The molecule has 0 aliphatic rings. The van der Waals surface area contributed by atoms with Gasteiger partial charge in [0.05, 0.1) is 41.1 Å². The van der Waals surface area contributed by atoms with Gasteiger partial charge in [-0.1, -0.05) is 36.4 Å². The van der Waals surface area contributed by atoms with Crippen molar-refractivity contribution in [2.24, 2.45) is 4.99 Å². The number of ether oxygens (including phenoxy) is 1. The molecule has 1 aromatic heterocycles. The predicted molar refractivity (Wildman–Crippen MR) is 155 cm³/mol. The van der Waals surface area contributed by atoms with Crippen molar-refractivity contribution < 1.29 is 23.1 Å². The van der Waals surface area contributed by atoms with Crippen LogP contribution in [-0.2, 0) is 14.8 Å². The first kappa shape index (κ1) is 27.9. The summed E-state index contributed by atoms with van der Waals surface area (Å²) in [6.07, 6.45) is 0. The van der Waals surface area contributed by atoms with Crippen LogP contribution < -0.4 is 4.31 Å². The Balaban J connectivity index is 1.80. The van der Waals surface area contributed by atoms with Crippen molar-refractivity contribution in [3.63, 3.8) is 0 Å². The number of nitrogens with zero attached hydrogens (tertiary/aromatic N) is 3. The molecule has 0 saturated carbocycles. The van der Waals surface area contributed by atoms with Crippen LogP contribution in [0, 0.1) is 0 Å². The number of nitrogens with one attached hydrogen (secondary N) is 1. The van der Waals surface area contributed by atoms with E-state index < -0.39 is 16.0 Å². The lowest BCUT2D eigenvalue weighted by Crippen LogP contribution is -2.37. The van der Waals surface area contributed by atoms with E-state index in [9.17, 15) is 18.3 Å². The van der Waals surface area contributed by atoms with Crippen LogP contribution in [-0.4, -0.2) is 75.1 Å². The molecule has 4 rings (SSSR count). The van der Waals surface area contributed by atoms with Gasteiger partial charge in [0.1, 0.15) is 0 Å². The van der Waals surface area contributed by atoms with Crippen molar-refractivity contribution in [3.8, 4) is 5.88 Å². The first-order valence-electron chi connectivity index (χ1n) is 12.5. The zero-order chi connectivity index (χ0) is 28.2. The van der Waals surface area contributed by atoms with E-state index >= 15 is 0 Å². The number of fused-ring (bicyclic) bond motifs is 1. The molecule has 3 aromatic carbocycles. The molecular weight excluding hydrogens is 516 g/mol. The number of anilines is 1. The van der Waals surface area contributed by atoms with E-state index in [-0.39, 0.29) is 11.6 Å². The number of likely N-dealkylation sites (N-methyl/N-ethyl adjacent to an activating group) is 1. The molecule has 0 amide bonds. The Morgan fingerprint density at radius 1 is 0.974 bits per heavy atom. The second kappa shape index (κ2) is 11.7. The summed E-state index contributed by atoms with van der Waals surface area (Å²) in [6, 6.07) is 21.4. The number of benzene rings is 3. The van der Waals surface area contributed by atoms with E-state index in [1.807, 2.05) is 49.3 Å². The van der Waals surface area contributed by atoms with Gasteiger partial charge in [0.15, 0.2) is 5.88 Å². The normalized spacial score (nSPS) is 12.2. The van der Waals surface area contributed by atoms with Gasteiger partial charge in [0, 0.05) is 29.6 Å². The molecule has 9 nitrogen and oxygen atoms in total. The van der Waals surface area contributed by atoms with E-state index in [0.29, 0.717) is 52.2 Å². The molecule has 10 heteroatoms. The molecule has 39 heavy (non-hydrogen) atoms. The van der Waals surface area contributed by atoms with E-state index in [4.69, 9.17) is 9.73 Å². The Labute approximate surface area is 228 Å². The quantitative estimate of drug-likeness (QED) is 0.222. The number of esters is 1. The zero-order valence-corrected chi connectivity index (χ0v) is 23.2. The Morgan fingerprint density at radius 2 is 1.67 bits per heavy atom. The molecule has 2 N–H and O–H groups in total. The summed E-state index contributed by atoms with van der Waals surface area (Å²) in [4.78, 5) is 21.8. The van der Waals surface area contributed by atoms with Crippen molar-refractivity contribution in [2.75, 3.05) is 44.4 Å². The molecule has 204 valence electrons. The van der Waals surface area contributed by atoms with Crippen molar-refractivity contribution in [2.45, 2.75) is 6.92 Å². The van der Waals surface area contributed by atoms with E-state index in [2.05, 4.69) is 4.98 Å². The average molecular weight is 549 g/mol. The lowest BCUT2D eigenvalue weighted by Gasteiger charge is -2.25. The fraction of sp³-hybridized carbons (Fsp3) is 0.241. The summed E-state index contributed by atoms with van der Waals surface area (Å²) in [7, 11) is 1.65. The molecule has 0 aliphatic heterocycles. The van der Waals surface area contributed by atoms with Gasteiger partial charge in [-0.25, -0.2) is 18.2 Å². The zero-order valence-electron chi connectivity index (χ0n) is 22.4. The molecule has 0 radical (unpaired) electrons. The number of sulfonamides is 1. The monoisotopic (exact) mass is 548 g/mol. The first-order valence-corrected chi connectivity index (χ1v) is 14.1. The van der Waals surface area contributed by atoms with Gasteiger partial charge in [0.25, 0.3) is 0 Å². The second-order valence-electron chi connectivity index (χ2n) is 9.22. The molecule has 0 saturated heterocycles. The minimum absolute atomic E-state index is 0.00395. The fourth-order valence-corrected chi connectivity index (χ4v) is 5.34. The Bertz CT molecular complexity index is 1590. The third kappa shape index (κ3) is 6.13. The van der Waals surface area contributed by atoms with Crippen LogP contribution in [0.4, 0.5) is 11.4 Å². The number of rotatable bonds is 10. The maximum absolute atomic E-state index is 12.8. The van der Waals surface area contributed by atoms with Crippen molar-refractivity contribution in [1.29, 1.82) is 0 Å². The largest absolute Gasteiger partial charge is 0.494 e. The molecule has 0 bridgehead atoms. The second-order valence-corrected chi connectivity index (χ2v) is 11.4. The average Bonchev–Trinajstić information content (AvgIpc) is 3.26. The molecule has 0 fully saturated rings. The van der Waals surface area contributed by atoms with Gasteiger partial charge in [-0.05, 0) is 57.4 Å². The number of H-pyrrole nitrogens is 1. The van der Waals surface area contributed by atoms with Gasteiger partial charge in [0.2, 0.25) is 10.0 Å². The van der Waals surface area contributed by atoms with Gasteiger partial charge < -0.3 is 19.7 Å². The SMILES string of the molecule is CCS(=O)(=O)N(CCN(C)C)c1ccc(N=C(c2ccccc2)c2c(O)[nH]c3cc(C(=O)OC)ccc23)cc1. The molecule has 0 spiro atoms. The fourth-order valence-electron chi connectivity index (χ4n) is 4.23. The highest BCUT2D eigenvalue weighted by atomic mass is 32.2. The van der Waals surface area contributed by atoms with Crippen LogP contribution in [0.3, 0.4) is 0 Å². The Morgan fingerprint density at radius 3 is 2.28 bits per heavy atom. The standard InChI is InChI=1S/C29H32N4O5S/c1-5-39(36,37)33(18-17-32(2)3)23-14-12-22(13-15-23)30-27(20-9-7-6-8-10-20)26-24-16-11-21(29(35)38-4)19-25(24)31-28(26)34/h6-16,19,31,34H,5,17-18H2,1-4H3. The molecule has 1 heterocycles. The van der Waals surface area contributed by atoms with Crippen LogP contribution in [0.25, 0.3) is 10.9 Å². The minimum Gasteiger partial charge on any atom is -0.494 e. The maximum atomic E-state index is 12.8. The number of aromatic hydroxyl groups is 1. The van der Waals surface area contributed by atoms with E-state index in [0.717, 1.165) is 5.56 Å². The minimum atomic E-state index is -3.46. The van der Waals surface area contributed by atoms with E-state index in [1.54, 1.807) is 49.4 Å². The van der Waals surface area contributed by atoms with Gasteiger partial charge >= 0.3 is 5.97 Å². The number of carbonyl (C=O) groups excluding carboxylic acids is 1. The van der Waals surface area contributed by atoms with Crippen LogP contribution in [0.2, 0.25) is 0 Å². The molecule has 0 atom stereocenters. The highest BCUT2D eigenvalue weighted by Gasteiger charge is 2.22. The van der Waals surface area contributed by atoms with Gasteiger partial charge in [-0.3, -0.25) is 4.31 Å². The van der Waals surface area contributed by atoms with Crippen LogP contribution in [0.1, 0.15) is 28.4 Å². The van der Waals surface area contributed by atoms with Crippen LogP contribution in [0.15, 0.2) is 77.8 Å². The summed E-state index contributed by atoms with van der Waals surface area (Å²) in [5.41, 5.74) is 3.83. The number of aliphatic imine (C=N–C) groups is 1. The van der Waals surface area contributed by atoms with Crippen LogP contribution in [0.5, 0.6) is 5.88 Å². The number of hydrogen-bond donors (Lipinski definition) is 2. The maximum Gasteiger partial charge on any atom is 0.337 e. The predicted octanol–water partition coefficient (Wildman–Crippen LogP) is 4.55. The summed E-state index contributed by atoms with van der Waals surface area (Å²) in [5.74, 6) is -0.569. The third-order valence-electron chi connectivity index (χ3n) is 6.31. The molecule has 0 unspecified atom stereocenters. The van der Waals surface area contributed by atoms with Gasteiger partial charge in [-0.2, -0.15) is 0 Å². The van der Waals surface area contributed by atoms with Crippen molar-refractivity contribution in [3.05, 3.63) is 89.5 Å². The Hall–Kier alpha value is -4.15. The molecular formula is C29H32N4O5S. The molecule has 0 aliphatic carbocycles. The summed E-state index contributed by atoms with van der Waals surface area (Å²) in [6.45, 7) is 2.54. The van der Waals surface area contributed by atoms with Crippen LogP contribution >= 0.6 is 0 Å². The van der Waals surface area contributed by atoms with Gasteiger partial charge in [-0.15, -0.1) is 0 Å². The smallest absolute Gasteiger partial charge is 0.337 e. The highest BCUT2D eigenvalue weighted by Crippen LogP contribution is 2.33. The van der Waals surface area contributed by atoms with Crippen molar-refractivity contribution in [1.82, 2.24) is 9.88 Å². The number of hydrogen-bond acceptors (Lipinski definition) is 7. The summed E-state index contributed by atoms with van der Waals surface area (Å²) >= 11 is 0. The first-order chi connectivity index (χ1) is 18.6. The highest BCUT2D eigenvalue weighted by molar-refractivity contribution is 7.92. The number of aromatic amines is 1. The number of carbonyl (C=O) groups is 1. The number of aromatic nitrogens is 1. The summed E-state index contributed by atoms with van der Waals surface area (Å²) in [5, 5.41) is 11.6.